The molecule has 0 aliphatic rings. The second-order valence-corrected chi connectivity index (χ2v) is 5.85. The highest BCUT2D eigenvalue weighted by atomic mass is 16.3. The summed E-state index contributed by atoms with van der Waals surface area (Å²) in [5.74, 6) is -0.528. The normalized spacial score (nSPS) is 10.2. The Morgan fingerprint density at radius 3 is 2.22 bits per heavy atom. The molecule has 0 bridgehead atoms. The zero-order valence-electron chi connectivity index (χ0n) is 14.5. The van der Waals surface area contributed by atoms with Gasteiger partial charge in [0.15, 0.2) is 11.5 Å². The Hall–Kier alpha value is -3.67. The summed E-state index contributed by atoms with van der Waals surface area (Å²) in [6.07, 6.45) is 1.63. The molecule has 0 aliphatic carbocycles. The van der Waals surface area contributed by atoms with Gasteiger partial charge in [0.1, 0.15) is 0 Å². The van der Waals surface area contributed by atoms with Gasteiger partial charge in [0, 0.05) is 29.8 Å². The second kappa shape index (κ2) is 8.62. The standard InChI is InChI=1S/C21H18N2O4/c24-18(15-6-2-1-3-7-15)11-12-20(25)22-16-8-4-9-17(14-16)23-21(26)19-10-5-13-27-19/h1-10,13-14H,11-12H2,(H,22,25)(H,23,26). The number of amides is 2. The van der Waals surface area contributed by atoms with Crippen LogP contribution in [-0.4, -0.2) is 17.6 Å². The van der Waals surface area contributed by atoms with Crippen LogP contribution in [0.3, 0.4) is 0 Å². The third kappa shape index (κ3) is 5.15. The number of benzene rings is 2. The molecule has 0 saturated carbocycles. The van der Waals surface area contributed by atoms with E-state index in [2.05, 4.69) is 10.6 Å². The maximum atomic E-state index is 12.1. The van der Waals surface area contributed by atoms with E-state index < -0.39 is 0 Å². The van der Waals surface area contributed by atoms with Gasteiger partial charge in [-0.3, -0.25) is 14.4 Å². The Balaban J connectivity index is 1.53. The Morgan fingerprint density at radius 2 is 1.52 bits per heavy atom. The van der Waals surface area contributed by atoms with Gasteiger partial charge in [-0.05, 0) is 30.3 Å². The van der Waals surface area contributed by atoms with E-state index in [0.717, 1.165) is 0 Å². The van der Waals surface area contributed by atoms with Gasteiger partial charge in [-0.25, -0.2) is 0 Å². The highest BCUT2D eigenvalue weighted by Gasteiger charge is 2.11. The highest BCUT2D eigenvalue weighted by Crippen LogP contribution is 2.17. The van der Waals surface area contributed by atoms with Crippen LogP contribution in [0.2, 0.25) is 0 Å². The fourth-order valence-corrected chi connectivity index (χ4v) is 2.49. The van der Waals surface area contributed by atoms with E-state index in [-0.39, 0.29) is 36.2 Å². The summed E-state index contributed by atoms with van der Waals surface area (Å²) in [6.45, 7) is 0. The number of carbonyl (C=O) groups is 3. The topological polar surface area (TPSA) is 88.4 Å². The molecule has 1 heterocycles. The molecule has 2 aromatic carbocycles. The molecule has 0 atom stereocenters. The van der Waals surface area contributed by atoms with Crippen LogP contribution >= 0.6 is 0 Å². The minimum atomic E-state index is -0.378. The van der Waals surface area contributed by atoms with Crippen molar-refractivity contribution in [1.29, 1.82) is 0 Å². The molecule has 0 saturated heterocycles. The minimum Gasteiger partial charge on any atom is -0.459 e. The molecular weight excluding hydrogens is 344 g/mol. The van der Waals surface area contributed by atoms with Crippen molar-refractivity contribution in [3.05, 3.63) is 84.3 Å². The number of anilines is 2. The number of Topliss-reactive ketones (excluding diaryl/α,β-unsaturated/α-hetero) is 1. The zero-order chi connectivity index (χ0) is 19.1. The average molecular weight is 362 g/mol. The van der Waals surface area contributed by atoms with Crippen LogP contribution in [0.25, 0.3) is 0 Å². The van der Waals surface area contributed by atoms with Crippen molar-refractivity contribution < 1.29 is 18.8 Å². The zero-order valence-corrected chi connectivity index (χ0v) is 14.5. The number of rotatable bonds is 7. The third-order valence-corrected chi connectivity index (χ3v) is 3.82. The molecule has 6 nitrogen and oxygen atoms in total. The fourth-order valence-electron chi connectivity index (χ4n) is 2.49. The average Bonchev–Trinajstić information content (AvgIpc) is 3.22. The lowest BCUT2D eigenvalue weighted by Gasteiger charge is -2.08. The van der Waals surface area contributed by atoms with Crippen molar-refractivity contribution in [2.75, 3.05) is 10.6 Å². The molecule has 27 heavy (non-hydrogen) atoms. The summed E-state index contributed by atoms with van der Waals surface area (Å²) in [5.41, 5.74) is 1.65. The minimum absolute atomic E-state index is 0.0785. The van der Waals surface area contributed by atoms with E-state index >= 15 is 0 Å². The Labute approximate surface area is 156 Å². The van der Waals surface area contributed by atoms with Crippen LogP contribution < -0.4 is 10.6 Å². The van der Waals surface area contributed by atoms with E-state index in [4.69, 9.17) is 4.42 Å². The number of hydrogen-bond acceptors (Lipinski definition) is 4. The van der Waals surface area contributed by atoms with Crippen LogP contribution in [0.5, 0.6) is 0 Å². The number of furan rings is 1. The van der Waals surface area contributed by atoms with Gasteiger partial charge in [-0.2, -0.15) is 0 Å². The Kier molecular flexibility index (Phi) is 5.79. The van der Waals surface area contributed by atoms with E-state index in [1.165, 1.54) is 6.26 Å². The SMILES string of the molecule is O=C(CCC(=O)c1ccccc1)Nc1cccc(NC(=O)c2ccco2)c1. The third-order valence-electron chi connectivity index (χ3n) is 3.82. The van der Waals surface area contributed by atoms with Gasteiger partial charge in [0.25, 0.3) is 5.91 Å². The smallest absolute Gasteiger partial charge is 0.291 e. The van der Waals surface area contributed by atoms with Crippen LogP contribution in [0.1, 0.15) is 33.8 Å². The van der Waals surface area contributed by atoms with Gasteiger partial charge in [-0.1, -0.05) is 36.4 Å². The van der Waals surface area contributed by atoms with Crippen molar-refractivity contribution in [3.8, 4) is 0 Å². The van der Waals surface area contributed by atoms with Crippen molar-refractivity contribution >= 4 is 29.0 Å². The summed E-state index contributed by atoms with van der Waals surface area (Å²) in [6, 6.07) is 18.8. The Bertz CT molecular complexity index is 934. The molecule has 0 aliphatic heterocycles. The Morgan fingerprint density at radius 1 is 0.778 bits per heavy atom. The lowest BCUT2D eigenvalue weighted by atomic mass is 10.1. The first kappa shape index (κ1) is 18.1. The van der Waals surface area contributed by atoms with Crippen molar-refractivity contribution in [2.24, 2.45) is 0 Å². The molecule has 0 spiro atoms. The monoisotopic (exact) mass is 362 g/mol. The molecule has 6 heteroatoms. The van der Waals surface area contributed by atoms with E-state index in [9.17, 15) is 14.4 Å². The second-order valence-electron chi connectivity index (χ2n) is 5.85. The van der Waals surface area contributed by atoms with Crippen LogP contribution in [0, 0.1) is 0 Å². The number of carbonyl (C=O) groups excluding carboxylic acids is 3. The summed E-state index contributed by atoms with van der Waals surface area (Å²) >= 11 is 0. The molecular formula is C21H18N2O4. The number of nitrogens with one attached hydrogen (secondary N) is 2. The molecule has 136 valence electrons. The quantitative estimate of drug-likeness (QED) is 0.619. The predicted octanol–water partition coefficient (Wildman–Crippen LogP) is 4.13. The first-order valence-corrected chi connectivity index (χ1v) is 8.45. The molecule has 0 radical (unpaired) electrons. The van der Waals surface area contributed by atoms with Crippen LogP contribution in [-0.2, 0) is 4.79 Å². The predicted molar refractivity (Wildman–Crippen MR) is 102 cm³/mol. The van der Waals surface area contributed by atoms with E-state index in [0.29, 0.717) is 16.9 Å². The van der Waals surface area contributed by atoms with Gasteiger partial charge in [0.2, 0.25) is 5.91 Å². The summed E-state index contributed by atoms with van der Waals surface area (Å²) in [4.78, 5) is 36.1. The first-order chi connectivity index (χ1) is 13.1. The lowest BCUT2D eigenvalue weighted by Crippen LogP contribution is -2.14. The summed E-state index contributed by atoms with van der Waals surface area (Å²) in [5, 5.41) is 5.42. The van der Waals surface area contributed by atoms with E-state index in [1.807, 2.05) is 6.07 Å². The first-order valence-electron chi connectivity index (χ1n) is 8.45. The lowest BCUT2D eigenvalue weighted by molar-refractivity contribution is -0.116. The molecule has 2 amide bonds. The van der Waals surface area contributed by atoms with Crippen molar-refractivity contribution in [2.45, 2.75) is 12.8 Å². The van der Waals surface area contributed by atoms with Gasteiger partial charge >= 0.3 is 0 Å². The number of hydrogen-bond donors (Lipinski definition) is 2. The van der Waals surface area contributed by atoms with Crippen molar-refractivity contribution in [3.63, 3.8) is 0 Å². The largest absolute Gasteiger partial charge is 0.459 e. The number of ketones is 1. The molecule has 0 fully saturated rings. The molecule has 2 N–H and O–H groups in total. The van der Waals surface area contributed by atoms with Crippen LogP contribution in [0.4, 0.5) is 11.4 Å². The summed E-state index contributed by atoms with van der Waals surface area (Å²) in [7, 11) is 0. The maximum absolute atomic E-state index is 12.1. The van der Waals surface area contributed by atoms with Crippen molar-refractivity contribution in [1.82, 2.24) is 0 Å². The summed E-state index contributed by atoms with van der Waals surface area (Å²) < 4.78 is 5.04. The fraction of sp³-hybridized carbons (Fsp3) is 0.0952. The molecule has 1 aromatic heterocycles. The highest BCUT2D eigenvalue weighted by molar-refractivity contribution is 6.03. The van der Waals surface area contributed by atoms with Gasteiger partial charge < -0.3 is 15.1 Å². The molecule has 0 unspecified atom stereocenters. The van der Waals surface area contributed by atoms with Gasteiger partial charge in [0.05, 0.1) is 6.26 Å². The van der Waals surface area contributed by atoms with Gasteiger partial charge in [-0.15, -0.1) is 0 Å². The maximum Gasteiger partial charge on any atom is 0.291 e. The molecule has 3 rings (SSSR count). The van der Waals surface area contributed by atoms with Crippen LogP contribution in [0.15, 0.2) is 77.4 Å². The van der Waals surface area contributed by atoms with E-state index in [1.54, 1.807) is 60.7 Å². The molecule has 3 aromatic rings.